The second kappa shape index (κ2) is 4.48. The van der Waals surface area contributed by atoms with Crippen LogP contribution < -0.4 is 0 Å². The van der Waals surface area contributed by atoms with E-state index < -0.39 is 0 Å². The summed E-state index contributed by atoms with van der Waals surface area (Å²) in [5.74, 6) is 0.949. The fourth-order valence-corrected chi connectivity index (χ4v) is 3.19. The molecule has 0 aromatic rings. The molecule has 0 aromatic carbocycles. The van der Waals surface area contributed by atoms with Crippen molar-refractivity contribution >= 4 is 0 Å². The first-order valence-corrected chi connectivity index (χ1v) is 6.06. The third kappa shape index (κ3) is 1.88. The normalized spacial score (nSPS) is 26.9. The average Bonchev–Trinajstić information content (AvgIpc) is 2.18. The molecule has 2 fully saturated rings. The number of rotatable bonds is 4. The first-order valence-electron chi connectivity index (χ1n) is 6.06. The van der Waals surface area contributed by atoms with Crippen molar-refractivity contribution in [3.63, 3.8) is 0 Å². The molecule has 2 aliphatic rings. The SMILES string of the molecule is C=CCCC1(C2CCOCC2)CCC1. The van der Waals surface area contributed by atoms with Crippen molar-refractivity contribution < 1.29 is 4.74 Å². The summed E-state index contributed by atoms with van der Waals surface area (Å²) in [6.45, 7) is 5.84. The van der Waals surface area contributed by atoms with Crippen LogP contribution in [0.2, 0.25) is 0 Å². The van der Waals surface area contributed by atoms with Crippen LogP contribution in [0.5, 0.6) is 0 Å². The minimum Gasteiger partial charge on any atom is -0.381 e. The van der Waals surface area contributed by atoms with E-state index in [1.807, 2.05) is 0 Å². The molecular weight excluding hydrogens is 172 g/mol. The summed E-state index contributed by atoms with van der Waals surface area (Å²) in [6, 6.07) is 0. The molecule has 0 amide bonds. The van der Waals surface area contributed by atoms with Crippen molar-refractivity contribution in [3.8, 4) is 0 Å². The summed E-state index contributed by atoms with van der Waals surface area (Å²) < 4.78 is 5.45. The largest absolute Gasteiger partial charge is 0.381 e. The first-order chi connectivity index (χ1) is 6.87. The van der Waals surface area contributed by atoms with Crippen molar-refractivity contribution in [2.24, 2.45) is 11.3 Å². The van der Waals surface area contributed by atoms with Crippen LogP contribution in [-0.2, 0) is 4.74 Å². The summed E-state index contributed by atoms with van der Waals surface area (Å²) in [4.78, 5) is 0. The Balaban J connectivity index is 1.92. The zero-order valence-electron chi connectivity index (χ0n) is 9.13. The fourth-order valence-electron chi connectivity index (χ4n) is 3.19. The van der Waals surface area contributed by atoms with Gasteiger partial charge in [0.15, 0.2) is 0 Å². The van der Waals surface area contributed by atoms with Gasteiger partial charge in [-0.15, -0.1) is 6.58 Å². The highest BCUT2D eigenvalue weighted by Gasteiger charge is 2.43. The molecule has 1 nitrogen and oxygen atoms in total. The minimum absolute atomic E-state index is 0.692. The van der Waals surface area contributed by atoms with Gasteiger partial charge in [0.2, 0.25) is 0 Å². The van der Waals surface area contributed by atoms with Gasteiger partial charge in [0, 0.05) is 13.2 Å². The maximum atomic E-state index is 5.45. The van der Waals surface area contributed by atoms with Gasteiger partial charge < -0.3 is 4.74 Å². The monoisotopic (exact) mass is 194 g/mol. The molecule has 0 bridgehead atoms. The fraction of sp³-hybridized carbons (Fsp3) is 0.846. The maximum Gasteiger partial charge on any atom is 0.0468 e. The summed E-state index contributed by atoms with van der Waals surface area (Å²) >= 11 is 0. The molecule has 0 N–H and O–H groups in total. The van der Waals surface area contributed by atoms with Crippen molar-refractivity contribution in [1.29, 1.82) is 0 Å². The maximum absolute atomic E-state index is 5.45. The van der Waals surface area contributed by atoms with E-state index in [4.69, 9.17) is 4.74 Å². The molecule has 14 heavy (non-hydrogen) atoms. The van der Waals surface area contributed by atoms with Crippen molar-refractivity contribution in [2.45, 2.75) is 44.9 Å². The van der Waals surface area contributed by atoms with E-state index >= 15 is 0 Å². The smallest absolute Gasteiger partial charge is 0.0468 e. The molecule has 80 valence electrons. The van der Waals surface area contributed by atoms with Crippen LogP contribution in [0.3, 0.4) is 0 Å². The Morgan fingerprint density at radius 1 is 1.29 bits per heavy atom. The van der Waals surface area contributed by atoms with E-state index in [-0.39, 0.29) is 0 Å². The van der Waals surface area contributed by atoms with Crippen molar-refractivity contribution in [3.05, 3.63) is 12.7 Å². The van der Waals surface area contributed by atoms with Gasteiger partial charge in [-0.05, 0) is 49.9 Å². The third-order valence-electron chi connectivity index (χ3n) is 4.28. The zero-order valence-corrected chi connectivity index (χ0v) is 9.13. The second-order valence-corrected chi connectivity index (χ2v) is 4.93. The van der Waals surface area contributed by atoms with E-state index in [0.29, 0.717) is 5.41 Å². The highest BCUT2D eigenvalue weighted by Crippen LogP contribution is 2.53. The van der Waals surface area contributed by atoms with Crippen LogP contribution in [0.15, 0.2) is 12.7 Å². The molecule has 1 aliphatic heterocycles. The van der Waals surface area contributed by atoms with Crippen LogP contribution in [0.1, 0.15) is 44.9 Å². The Morgan fingerprint density at radius 2 is 2.00 bits per heavy atom. The molecule has 1 saturated heterocycles. The lowest BCUT2D eigenvalue weighted by molar-refractivity contribution is -0.0353. The van der Waals surface area contributed by atoms with E-state index in [0.717, 1.165) is 19.1 Å². The second-order valence-electron chi connectivity index (χ2n) is 4.93. The number of hydrogen-bond acceptors (Lipinski definition) is 1. The lowest BCUT2D eigenvalue weighted by Crippen LogP contribution is -2.40. The summed E-state index contributed by atoms with van der Waals surface area (Å²) in [5.41, 5.74) is 0.692. The van der Waals surface area contributed by atoms with Crippen LogP contribution >= 0.6 is 0 Å². The van der Waals surface area contributed by atoms with Gasteiger partial charge in [0.05, 0.1) is 0 Å². The van der Waals surface area contributed by atoms with Gasteiger partial charge in [-0.1, -0.05) is 12.5 Å². The van der Waals surface area contributed by atoms with Gasteiger partial charge in [0.1, 0.15) is 0 Å². The number of hydrogen-bond donors (Lipinski definition) is 0. The molecule has 1 saturated carbocycles. The van der Waals surface area contributed by atoms with Crippen LogP contribution in [0, 0.1) is 11.3 Å². The Morgan fingerprint density at radius 3 is 2.50 bits per heavy atom. The molecule has 0 aromatic heterocycles. The molecular formula is C13H22O. The quantitative estimate of drug-likeness (QED) is 0.622. The van der Waals surface area contributed by atoms with Crippen LogP contribution in [0.4, 0.5) is 0 Å². The Kier molecular flexibility index (Phi) is 3.27. The Bertz CT molecular complexity index is 187. The zero-order chi connectivity index (χ0) is 9.86. The molecule has 1 heteroatoms. The first kappa shape index (κ1) is 10.2. The van der Waals surface area contributed by atoms with Gasteiger partial charge in [-0.25, -0.2) is 0 Å². The third-order valence-corrected chi connectivity index (χ3v) is 4.28. The summed E-state index contributed by atoms with van der Waals surface area (Å²) in [7, 11) is 0. The van der Waals surface area contributed by atoms with E-state index in [2.05, 4.69) is 12.7 Å². The standard InChI is InChI=1S/C13H22O/c1-2-3-7-13(8-4-9-13)12-5-10-14-11-6-12/h2,12H,1,3-11H2. The van der Waals surface area contributed by atoms with Crippen LogP contribution in [-0.4, -0.2) is 13.2 Å². The number of ether oxygens (including phenoxy) is 1. The highest BCUT2D eigenvalue weighted by atomic mass is 16.5. The lowest BCUT2D eigenvalue weighted by Gasteiger charge is -2.49. The number of allylic oxidation sites excluding steroid dienone is 1. The molecule has 0 spiro atoms. The van der Waals surface area contributed by atoms with Gasteiger partial charge >= 0.3 is 0 Å². The predicted octanol–water partition coefficient (Wildman–Crippen LogP) is 3.55. The molecule has 1 aliphatic carbocycles. The Hall–Kier alpha value is -0.300. The average molecular weight is 194 g/mol. The van der Waals surface area contributed by atoms with E-state index in [1.54, 1.807) is 0 Å². The summed E-state index contributed by atoms with van der Waals surface area (Å²) in [6.07, 6.45) is 11.7. The topological polar surface area (TPSA) is 9.23 Å². The molecule has 0 unspecified atom stereocenters. The van der Waals surface area contributed by atoms with Crippen molar-refractivity contribution in [1.82, 2.24) is 0 Å². The Labute approximate surface area is 87.5 Å². The molecule has 1 heterocycles. The van der Waals surface area contributed by atoms with Gasteiger partial charge in [-0.2, -0.15) is 0 Å². The van der Waals surface area contributed by atoms with E-state index in [9.17, 15) is 0 Å². The lowest BCUT2D eigenvalue weighted by atomic mass is 9.57. The van der Waals surface area contributed by atoms with Gasteiger partial charge in [-0.3, -0.25) is 0 Å². The van der Waals surface area contributed by atoms with Crippen molar-refractivity contribution in [2.75, 3.05) is 13.2 Å². The summed E-state index contributed by atoms with van der Waals surface area (Å²) in [5, 5.41) is 0. The molecule has 2 rings (SSSR count). The predicted molar refractivity (Wildman–Crippen MR) is 59.3 cm³/mol. The minimum atomic E-state index is 0.692. The molecule has 0 radical (unpaired) electrons. The van der Waals surface area contributed by atoms with E-state index in [1.165, 1.54) is 44.9 Å². The van der Waals surface area contributed by atoms with Gasteiger partial charge in [0.25, 0.3) is 0 Å². The highest BCUT2D eigenvalue weighted by molar-refractivity contribution is 4.95. The van der Waals surface area contributed by atoms with Crippen LogP contribution in [0.25, 0.3) is 0 Å². The molecule has 0 atom stereocenters.